The van der Waals surface area contributed by atoms with Gasteiger partial charge in [-0.15, -0.1) is 0 Å². The predicted octanol–water partition coefficient (Wildman–Crippen LogP) is 1.90. The molecule has 19 heavy (non-hydrogen) atoms. The average molecular weight is 283 g/mol. The first kappa shape index (κ1) is 15.5. The summed E-state index contributed by atoms with van der Waals surface area (Å²) in [5.74, 6) is 0. The number of nitrogens with one attached hydrogen (secondary N) is 1. The number of sulfonamides is 1. The van der Waals surface area contributed by atoms with Crippen LogP contribution in [0.2, 0.25) is 0 Å². The molecule has 6 heteroatoms. The van der Waals surface area contributed by atoms with Gasteiger partial charge in [0.1, 0.15) is 0 Å². The molecular formula is C13H21N3O2S. The minimum absolute atomic E-state index is 0.228. The van der Waals surface area contributed by atoms with E-state index in [1.54, 1.807) is 12.1 Å². The maximum Gasteiger partial charge on any atom is 0.242 e. The van der Waals surface area contributed by atoms with E-state index in [4.69, 9.17) is 5.73 Å². The Labute approximate surface area is 115 Å². The molecule has 0 aromatic heterocycles. The Morgan fingerprint density at radius 2 is 2.00 bits per heavy atom. The third kappa shape index (κ3) is 3.97. The van der Waals surface area contributed by atoms with Crippen LogP contribution in [0.3, 0.4) is 0 Å². The smallest absolute Gasteiger partial charge is 0.242 e. The lowest BCUT2D eigenvalue weighted by Crippen LogP contribution is -2.22. The first-order valence-corrected chi connectivity index (χ1v) is 7.38. The first-order chi connectivity index (χ1) is 8.75. The number of nitrogens with two attached hydrogens (primary N) is 1. The van der Waals surface area contributed by atoms with Crippen molar-refractivity contribution in [3.05, 3.63) is 29.8 Å². The van der Waals surface area contributed by atoms with Crippen molar-refractivity contribution >= 4 is 21.4 Å². The highest BCUT2D eigenvalue weighted by Gasteiger charge is 2.18. The van der Waals surface area contributed by atoms with Gasteiger partial charge < -0.3 is 11.1 Å². The molecule has 0 aliphatic rings. The number of benzene rings is 1. The summed E-state index contributed by atoms with van der Waals surface area (Å²) in [7, 11) is -0.431. The molecule has 0 heterocycles. The van der Waals surface area contributed by atoms with E-state index >= 15 is 0 Å². The van der Waals surface area contributed by atoms with Crippen LogP contribution >= 0.6 is 0 Å². The monoisotopic (exact) mass is 283 g/mol. The van der Waals surface area contributed by atoms with Crippen molar-refractivity contribution in [1.29, 1.82) is 0 Å². The summed E-state index contributed by atoms with van der Waals surface area (Å²) in [4.78, 5) is 0.228. The third-order valence-corrected chi connectivity index (χ3v) is 4.42. The lowest BCUT2D eigenvalue weighted by molar-refractivity contribution is 0.521. The number of anilines is 2. The van der Waals surface area contributed by atoms with Crippen molar-refractivity contribution in [2.24, 2.45) is 0 Å². The molecule has 5 nitrogen and oxygen atoms in total. The van der Waals surface area contributed by atoms with Crippen LogP contribution in [0.25, 0.3) is 0 Å². The number of nitrogen functional groups attached to an aromatic ring is 1. The fraction of sp³-hybridized carbons (Fsp3) is 0.385. The standard InChI is InChI=1S/C13H21N3O2S/c1-10(2)7-8-15-13-9-11(5-6-12(13)14)19(17,18)16(3)4/h5-7,9,15H,8,14H2,1-4H3. The number of allylic oxidation sites excluding steroid dienone is 1. The van der Waals surface area contributed by atoms with Gasteiger partial charge in [0.2, 0.25) is 10.0 Å². The molecule has 0 atom stereocenters. The second-order valence-electron chi connectivity index (χ2n) is 4.70. The average Bonchev–Trinajstić information content (AvgIpc) is 2.30. The molecule has 0 amide bonds. The topological polar surface area (TPSA) is 75.4 Å². The maximum absolute atomic E-state index is 12.0. The maximum atomic E-state index is 12.0. The highest BCUT2D eigenvalue weighted by Crippen LogP contribution is 2.24. The minimum atomic E-state index is -3.44. The molecule has 0 radical (unpaired) electrons. The molecule has 0 aliphatic carbocycles. The van der Waals surface area contributed by atoms with Gasteiger partial charge >= 0.3 is 0 Å². The van der Waals surface area contributed by atoms with Crippen LogP contribution in [0.4, 0.5) is 11.4 Å². The fourth-order valence-corrected chi connectivity index (χ4v) is 2.35. The van der Waals surface area contributed by atoms with Gasteiger partial charge in [-0.25, -0.2) is 12.7 Å². The van der Waals surface area contributed by atoms with E-state index in [0.29, 0.717) is 17.9 Å². The van der Waals surface area contributed by atoms with E-state index < -0.39 is 10.0 Å². The molecule has 0 aliphatic heterocycles. The molecule has 1 rings (SSSR count). The zero-order chi connectivity index (χ0) is 14.6. The van der Waals surface area contributed by atoms with E-state index in [0.717, 1.165) is 0 Å². The van der Waals surface area contributed by atoms with Gasteiger partial charge in [0.25, 0.3) is 0 Å². The van der Waals surface area contributed by atoms with Crippen LogP contribution in [-0.4, -0.2) is 33.4 Å². The number of hydrogen-bond acceptors (Lipinski definition) is 4. The Bertz CT molecular complexity index is 574. The molecule has 0 unspecified atom stereocenters. The lowest BCUT2D eigenvalue weighted by atomic mass is 10.2. The van der Waals surface area contributed by atoms with Crippen LogP contribution in [0.15, 0.2) is 34.7 Å². The predicted molar refractivity (Wildman–Crippen MR) is 79.6 cm³/mol. The van der Waals surface area contributed by atoms with E-state index in [9.17, 15) is 8.42 Å². The van der Waals surface area contributed by atoms with Crippen molar-refractivity contribution < 1.29 is 8.42 Å². The van der Waals surface area contributed by atoms with Gasteiger partial charge in [-0.2, -0.15) is 0 Å². The molecule has 0 saturated carbocycles. The van der Waals surface area contributed by atoms with Gasteiger partial charge in [0.15, 0.2) is 0 Å². The van der Waals surface area contributed by atoms with Gasteiger partial charge in [0, 0.05) is 20.6 Å². The van der Waals surface area contributed by atoms with Crippen molar-refractivity contribution in [2.75, 3.05) is 31.7 Å². The zero-order valence-corrected chi connectivity index (χ0v) is 12.6. The first-order valence-electron chi connectivity index (χ1n) is 5.94. The van der Waals surface area contributed by atoms with E-state index in [1.807, 2.05) is 19.9 Å². The van der Waals surface area contributed by atoms with Gasteiger partial charge in [-0.05, 0) is 32.0 Å². The number of rotatable bonds is 5. The van der Waals surface area contributed by atoms with Crippen LogP contribution in [0.5, 0.6) is 0 Å². The van der Waals surface area contributed by atoms with Crippen molar-refractivity contribution in [1.82, 2.24) is 4.31 Å². The zero-order valence-electron chi connectivity index (χ0n) is 11.8. The Morgan fingerprint density at radius 3 is 2.53 bits per heavy atom. The second kappa shape index (κ2) is 6.08. The van der Waals surface area contributed by atoms with Crippen molar-refractivity contribution in [2.45, 2.75) is 18.7 Å². The summed E-state index contributed by atoms with van der Waals surface area (Å²) >= 11 is 0. The van der Waals surface area contributed by atoms with Crippen LogP contribution < -0.4 is 11.1 Å². The fourth-order valence-electron chi connectivity index (χ4n) is 1.42. The Kier molecular flexibility index (Phi) is 4.97. The molecule has 0 saturated heterocycles. The molecular weight excluding hydrogens is 262 g/mol. The van der Waals surface area contributed by atoms with Crippen LogP contribution in [0, 0.1) is 0 Å². The van der Waals surface area contributed by atoms with E-state index in [-0.39, 0.29) is 4.90 Å². The molecule has 1 aromatic carbocycles. The molecule has 0 spiro atoms. The lowest BCUT2D eigenvalue weighted by Gasteiger charge is -2.14. The molecule has 106 valence electrons. The molecule has 0 bridgehead atoms. The van der Waals surface area contributed by atoms with Gasteiger partial charge in [0.05, 0.1) is 16.3 Å². The molecule has 0 fully saturated rings. The molecule has 3 N–H and O–H groups in total. The number of nitrogens with zero attached hydrogens (tertiary/aromatic N) is 1. The third-order valence-electron chi connectivity index (χ3n) is 2.61. The summed E-state index contributed by atoms with van der Waals surface area (Å²) in [6, 6.07) is 4.67. The van der Waals surface area contributed by atoms with Crippen molar-refractivity contribution in [3.63, 3.8) is 0 Å². The second-order valence-corrected chi connectivity index (χ2v) is 6.85. The highest BCUT2D eigenvalue weighted by atomic mass is 32.2. The molecule has 1 aromatic rings. The van der Waals surface area contributed by atoms with E-state index in [1.165, 1.54) is 30.0 Å². The van der Waals surface area contributed by atoms with Crippen LogP contribution in [-0.2, 0) is 10.0 Å². The van der Waals surface area contributed by atoms with Gasteiger partial charge in [-0.3, -0.25) is 0 Å². The summed E-state index contributed by atoms with van der Waals surface area (Å²) in [6.45, 7) is 4.61. The summed E-state index contributed by atoms with van der Waals surface area (Å²) < 4.78 is 25.2. The summed E-state index contributed by atoms with van der Waals surface area (Å²) in [6.07, 6.45) is 2.01. The minimum Gasteiger partial charge on any atom is -0.397 e. The van der Waals surface area contributed by atoms with Crippen molar-refractivity contribution in [3.8, 4) is 0 Å². The largest absolute Gasteiger partial charge is 0.397 e. The Morgan fingerprint density at radius 1 is 1.37 bits per heavy atom. The van der Waals surface area contributed by atoms with Gasteiger partial charge in [-0.1, -0.05) is 11.6 Å². The van der Waals surface area contributed by atoms with E-state index in [2.05, 4.69) is 5.32 Å². The Balaban J connectivity index is 3.05. The quantitative estimate of drug-likeness (QED) is 0.639. The summed E-state index contributed by atoms with van der Waals surface area (Å²) in [5.41, 5.74) is 8.17. The SMILES string of the molecule is CC(C)=CCNc1cc(S(=O)(=O)N(C)C)ccc1N. The van der Waals surface area contributed by atoms with Crippen LogP contribution in [0.1, 0.15) is 13.8 Å². The summed E-state index contributed by atoms with van der Waals surface area (Å²) in [5, 5.41) is 3.11. The Hall–Kier alpha value is -1.53. The number of hydrogen-bond donors (Lipinski definition) is 2. The normalized spacial score (nSPS) is 11.4. The highest BCUT2D eigenvalue weighted by molar-refractivity contribution is 7.89.